The summed E-state index contributed by atoms with van der Waals surface area (Å²) in [7, 11) is 0. The smallest absolute Gasteiger partial charge is 0.382 e. The highest BCUT2D eigenvalue weighted by Crippen LogP contribution is 2.28. The third-order valence-electron chi connectivity index (χ3n) is 4.12. The number of morpholine rings is 1. The molecule has 3 rings (SSSR count). The fourth-order valence-electron chi connectivity index (χ4n) is 2.96. The van der Waals surface area contributed by atoms with Gasteiger partial charge in [0.2, 0.25) is 5.82 Å². The van der Waals surface area contributed by atoms with Gasteiger partial charge >= 0.3 is 6.18 Å². The molecule has 1 atom stereocenters. The van der Waals surface area contributed by atoms with Crippen LogP contribution in [0.4, 0.5) is 19.0 Å². The summed E-state index contributed by atoms with van der Waals surface area (Å²) in [5.41, 5.74) is 6.73. The molecule has 1 unspecified atom stereocenters. The average molecular weight is 383 g/mol. The van der Waals surface area contributed by atoms with E-state index in [9.17, 15) is 13.2 Å². The first-order valence-electron chi connectivity index (χ1n) is 8.34. The maximum absolute atomic E-state index is 13.0. The van der Waals surface area contributed by atoms with E-state index >= 15 is 0 Å². The van der Waals surface area contributed by atoms with Crippen LogP contribution in [0.1, 0.15) is 12.7 Å². The summed E-state index contributed by atoms with van der Waals surface area (Å²) in [4.78, 5) is 9.03. The lowest BCUT2D eigenvalue weighted by Crippen LogP contribution is -2.44. The van der Waals surface area contributed by atoms with E-state index in [2.05, 4.69) is 31.8 Å². The van der Waals surface area contributed by atoms with E-state index < -0.39 is 12.0 Å². The summed E-state index contributed by atoms with van der Waals surface area (Å²) < 4.78 is 45.9. The van der Waals surface area contributed by atoms with Gasteiger partial charge in [-0.2, -0.15) is 13.2 Å². The second-order valence-corrected chi connectivity index (χ2v) is 6.35. The van der Waals surface area contributed by atoms with Crippen LogP contribution >= 0.6 is 0 Å². The number of nitrogens with zero attached hydrogens (tertiary/aromatic N) is 6. The van der Waals surface area contributed by atoms with Gasteiger partial charge < -0.3 is 10.5 Å². The Hall–Kier alpha value is -2.53. The summed E-state index contributed by atoms with van der Waals surface area (Å²) in [5.74, 6) is -1.66. The third kappa shape index (κ3) is 4.42. The highest BCUT2D eigenvalue weighted by Gasteiger charge is 2.36. The Morgan fingerprint density at radius 3 is 2.89 bits per heavy atom. The van der Waals surface area contributed by atoms with Crippen molar-refractivity contribution in [3.05, 3.63) is 30.1 Å². The number of hydrogen-bond acceptors (Lipinski definition) is 7. The minimum Gasteiger partial charge on any atom is -0.382 e. The molecule has 0 aliphatic carbocycles. The van der Waals surface area contributed by atoms with Gasteiger partial charge in [-0.3, -0.25) is 4.90 Å². The number of hydrogen-bond donors (Lipinski definition) is 1. The van der Waals surface area contributed by atoms with Crippen molar-refractivity contribution in [1.29, 1.82) is 0 Å². The number of rotatable bonds is 5. The van der Waals surface area contributed by atoms with Crippen molar-refractivity contribution in [3.8, 4) is 0 Å². The summed E-state index contributed by atoms with van der Waals surface area (Å²) in [6, 6.07) is 0. The molecule has 2 aromatic heterocycles. The van der Waals surface area contributed by atoms with E-state index in [1.165, 1.54) is 4.68 Å². The van der Waals surface area contributed by atoms with Crippen LogP contribution in [0, 0.1) is 0 Å². The lowest BCUT2D eigenvalue weighted by Gasteiger charge is -2.33. The molecule has 1 fully saturated rings. The lowest BCUT2D eigenvalue weighted by atomic mass is 10.2. The average Bonchev–Trinajstić information content (AvgIpc) is 2.98. The van der Waals surface area contributed by atoms with E-state index in [-0.39, 0.29) is 29.6 Å². The van der Waals surface area contributed by atoms with Crippen LogP contribution in [0.2, 0.25) is 0 Å². The Bertz CT molecular complexity index is 862. The van der Waals surface area contributed by atoms with Gasteiger partial charge in [0, 0.05) is 19.6 Å². The zero-order chi connectivity index (χ0) is 19.6. The van der Waals surface area contributed by atoms with Crippen molar-refractivity contribution >= 4 is 17.0 Å². The van der Waals surface area contributed by atoms with Crippen LogP contribution in [0.5, 0.6) is 0 Å². The number of halogens is 3. The molecule has 3 heterocycles. The van der Waals surface area contributed by atoms with Crippen LogP contribution < -0.4 is 5.73 Å². The van der Waals surface area contributed by atoms with Crippen molar-refractivity contribution in [3.63, 3.8) is 0 Å². The van der Waals surface area contributed by atoms with Gasteiger partial charge in [0.25, 0.3) is 0 Å². The van der Waals surface area contributed by atoms with Gasteiger partial charge in [-0.05, 0) is 6.92 Å². The summed E-state index contributed by atoms with van der Waals surface area (Å²) in [6.07, 6.45) is -1.29. The highest BCUT2D eigenvalue weighted by atomic mass is 19.4. The molecule has 11 heteroatoms. The van der Waals surface area contributed by atoms with Crippen molar-refractivity contribution < 1.29 is 17.9 Å². The molecule has 0 aromatic carbocycles. The molecule has 8 nitrogen and oxygen atoms in total. The maximum atomic E-state index is 13.0. The molecule has 1 aliphatic heterocycles. The molecule has 0 spiro atoms. The van der Waals surface area contributed by atoms with Crippen LogP contribution in [-0.4, -0.2) is 62.2 Å². The van der Waals surface area contributed by atoms with Gasteiger partial charge in [-0.1, -0.05) is 29.5 Å². The highest BCUT2D eigenvalue weighted by molar-refractivity contribution is 5.80. The molecule has 0 radical (unpaired) electrons. The molecule has 0 bridgehead atoms. The summed E-state index contributed by atoms with van der Waals surface area (Å²) >= 11 is 0. The molecule has 2 aromatic rings. The molecule has 0 amide bonds. The van der Waals surface area contributed by atoms with Crippen molar-refractivity contribution in [2.24, 2.45) is 0 Å². The minimum absolute atomic E-state index is 0.0421. The van der Waals surface area contributed by atoms with Crippen LogP contribution in [0.25, 0.3) is 11.2 Å². The van der Waals surface area contributed by atoms with Gasteiger partial charge in [0.1, 0.15) is 0 Å². The Morgan fingerprint density at radius 1 is 1.41 bits per heavy atom. The number of nitrogen functional groups attached to an aromatic ring is 1. The third-order valence-corrected chi connectivity index (χ3v) is 4.12. The Morgan fingerprint density at radius 2 is 2.19 bits per heavy atom. The van der Waals surface area contributed by atoms with Crippen molar-refractivity contribution in [2.75, 3.05) is 32.0 Å². The predicted molar refractivity (Wildman–Crippen MR) is 92.7 cm³/mol. The number of ether oxygens (including phenoxy) is 1. The van der Waals surface area contributed by atoms with Gasteiger partial charge in [0.05, 0.1) is 19.3 Å². The molecule has 146 valence electrons. The second-order valence-electron chi connectivity index (χ2n) is 6.35. The topological polar surface area (TPSA) is 95.0 Å². The number of allylic oxidation sites excluding steroid dienone is 2. The van der Waals surface area contributed by atoms with E-state index in [1.54, 1.807) is 6.08 Å². The lowest BCUT2D eigenvalue weighted by molar-refractivity contribution is -0.144. The monoisotopic (exact) mass is 383 g/mol. The zero-order valence-corrected chi connectivity index (χ0v) is 14.8. The van der Waals surface area contributed by atoms with Gasteiger partial charge in [0.15, 0.2) is 17.0 Å². The largest absolute Gasteiger partial charge is 0.451 e. The Labute approximate surface area is 153 Å². The number of nitrogens with two attached hydrogens (primary N) is 1. The molecular formula is C16H20F3N7O. The van der Waals surface area contributed by atoms with Crippen LogP contribution in [0.15, 0.2) is 24.3 Å². The Balaban J connectivity index is 1.79. The van der Waals surface area contributed by atoms with E-state index in [1.807, 2.05) is 13.0 Å². The molecule has 1 aliphatic rings. The number of aromatic nitrogens is 5. The van der Waals surface area contributed by atoms with E-state index in [0.717, 1.165) is 18.7 Å². The molecule has 27 heavy (non-hydrogen) atoms. The summed E-state index contributed by atoms with van der Waals surface area (Å²) in [6.45, 7) is 8.56. The molecule has 2 N–H and O–H groups in total. The van der Waals surface area contributed by atoms with Crippen molar-refractivity contribution in [1.82, 2.24) is 29.9 Å². The first-order chi connectivity index (χ1) is 12.8. The minimum atomic E-state index is -4.70. The first-order valence-corrected chi connectivity index (χ1v) is 8.34. The summed E-state index contributed by atoms with van der Waals surface area (Å²) in [5, 5.41) is 7.69. The quantitative estimate of drug-likeness (QED) is 0.785. The van der Waals surface area contributed by atoms with E-state index in [4.69, 9.17) is 10.5 Å². The fourth-order valence-corrected chi connectivity index (χ4v) is 2.96. The van der Waals surface area contributed by atoms with Gasteiger partial charge in [-0.25, -0.2) is 14.6 Å². The van der Waals surface area contributed by atoms with Crippen LogP contribution in [0.3, 0.4) is 0 Å². The maximum Gasteiger partial charge on any atom is 0.451 e. The second kappa shape index (κ2) is 7.61. The zero-order valence-electron chi connectivity index (χ0n) is 14.8. The van der Waals surface area contributed by atoms with Gasteiger partial charge in [-0.15, -0.1) is 5.10 Å². The van der Waals surface area contributed by atoms with Crippen LogP contribution in [-0.2, 0) is 17.5 Å². The fraction of sp³-hybridized carbons (Fsp3) is 0.500. The SMILES string of the molecule is C=CC=C(C)CN1CCOC(Cn2nnc3c(N)nc(C(F)(F)F)nc32)C1. The van der Waals surface area contributed by atoms with E-state index in [0.29, 0.717) is 13.2 Å². The number of anilines is 1. The number of fused-ring (bicyclic) bond motifs is 1. The first kappa shape index (κ1) is 19.2. The predicted octanol–water partition coefficient (Wildman–Crippen LogP) is 1.66. The number of alkyl halides is 3. The van der Waals surface area contributed by atoms with Crippen molar-refractivity contribution in [2.45, 2.75) is 25.7 Å². The molecule has 0 saturated carbocycles. The normalized spacial score (nSPS) is 19.6. The molecule has 1 saturated heterocycles. The Kier molecular flexibility index (Phi) is 5.42. The molecular weight excluding hydrogens is 363 g/mol. The standard InChI is InChI=1S/C16H20F3N7O/c1-3-4-10(2)7-25-5-6-27-11(8-25)9-26-14-12(23-24-26)13(20)21-15(22-14)16(17,18)19/h3-4,11H,1,5-9H2,2H3,(H2,20,21,22).